The van der Waals surface area contributed by atoms with Crippen LogP contribution in [0.2, 0.25) is 0 Å². The van der Waals surface area contributed by atoms with Crippen molar-refractivity contribution in [1.82, 2.24) is 4.72 Å². The molecule has 0 saturated heterocycles. The summed E-state index contributed by atoms with van der Waals surface area (Å²) < 4.78 is 25.2. The van der Waals surface area contributed by atoms with Gasteiger partial charge in [0, 0.05) is 12.4 Å². The Morgan fingerprint density at radius 3 is 2.43 bits per heavy atom. The van der Waals surface area contributed by atoms with Crippen molar-refractivity contribution < 1.29 is 8.42 Å². The van der Waals surface area contributed by atoms with Gasteiger partial charge in [0.05, 0.1) is 5.75 Å². The predicted molar refractivity (Wildman–Crippen MR) is 57.8 cm³/mol. The van der Waals surface area contributed by atoms with Crippen molar-refractivity contribution in [2.75, 3.05) is 12.4 Å². The van der Waals surface area contributed by atoms with E-state index < -0.39 is 10.0 Å². The highest BCUT2D eigenvalue weighted by Crippen LogP contribution is 2.03. The van der Waals surface area contributed by atoms with Crippen molar-refractivity contribution in [1.29, 1.82) is 0 Å². The van der Waals surface area contributed by atoms with Gasteiger partial charge in [-0.2, -0.15) is 0 Å². The Balaban J connectivity index is 2.60. The monoisotopic (exact) mass is 233 g/mol. The molecule has 0 amide bonds. The third-order valence-corrected chi connectivity index (χ3v) is 3.16. The number of alkyl halides is 1. The second-order valence-corrected chi connectivity index (χ2v) is 5.01. The lowest BCUT2D eigenvalue weighted by atomic mass is 10.2. The Kier molecular flexibility index (Phi) is 4.38. The number of hydrogen-bond donors (Lipinski definition) is 1. The quantitative estimate of drug-likeness (QED) is 0.781. The summed E-state index contributed by atoms with van der Waals surface area (Å²) in [6, 6.07) is 9.03. The number of nitrogens with one attached hydrogen (secondary N) is 1. The van der Waals surface area contributed by atoms with Crippen LogP contribution in [0.5, 0.6) is 0 Å². The van der Waals surface area contributed by atoms with Crippen LogP contribution in [0.15, 0.2) is 30.3 Å². The Morgan fingerprint density at radius 1 is 1.21 bits per heavy atom. The molecular weight excluding hydrogens is 222 g/mol. The normalized spacial score (nSPS) is 11.5. The zero-order chi connectivity index (χ0) is 10.4. The van der Waals surface area contributed by atoms with E-state index in [1.807, 2.05) is 18.2 Å². The van der Waals surface area contributed by atoms with Gasteiger partial charge < -0.3 is 0 Å². The zero-order valence-corrected chi connectivity index (χ0v) is 9.18. The maximum absolute atomic E-state index is 11.4. The van der Waals surface area contributed by atoms with Crippen LogP contribution in [0.1, 0.15) is 5.56 Å². The van der Waals surface area contributed by atoms with Crippen molar-refractivity contribution in [3.8, 4) is 0 Å². The van der Waals surface area contributed by atoms with Gasteiger partial charge in [-0.15, -0.1) is 11.6 Å². The third-order valence-electron chi connectivity index (χ3n) is 1.62. The molecule has 0 radical (unpaired) electrons. The third kappa shape index (κ3) is 4.09. The van der Waals surface area contributed by atoms with Gasteiger partial charge in [0.15, 0.2) is 0 Å². The Bertz CT molecular complexity index is 364. The number of hydrogen-bond acceptors (Lipinski definition) is 2. The molecule has 0 aliphatic heterocycles. The molecule has 0 atom stereocenters. The molecule has 0 saturated carbocycles. The van der Waals surface area contributed by atoms with Gasteiger partial charge >= 0.3 is 0 Å². The van der Waals surface area contributed by atoms with E-state index in [2.05, 4.69) is 4.72 Å². The van der Waals surface area contributed by atoms with E-state index in [1.165, 1.54) is 0 Å². The molecule has 14 heavy (non-hydrogen) atoms. The lowest BCUT2D eigenvalue weighted by molar-refractivity contribution is 0.583. The summed E-state index contributed by atoms with van der Waals surface area (Å²) in [7, 11) is -3.23. The second kappa shape index (κ2) is 5.34. The van der Waals surface area contributed by atoms with E-state index in [0.717, 1.165) is 5.56 Å². The van der Waals surface area contributed by atoms with Gasteiger partial charge in [-0.05, 0) is 5.56 Å². The molecule has 78 valence electrons. The Morgan fingerprint density at radius 2 is 1.86 bits per heavy atom. The number of rotatable bonds is 5. The zero-order valence-electron chi connectivity index (χ0n) is 7.61. The first-order valence-corrected chi connectivity index (χ1v) is 6.40. The maximum atomic E-state index is 11.4. The summed E-state index contributed by atoms with van der Waals surface area (Å²) in [6.07, 6.45) is 0. The van der Waals surface area contributed by atoms with E-state index >= 15 is 0 Å². The van der Waals surface area contributed by atoms with E-state index in [0.29, 0.717) is 0 Å². The Hall–Kier alpha value is -0.580. The van der Waals surface area contributed by atoms with Crippen LogP contribution in [0.4, 0.5) is 0 Å². The minimum atomic E-state index is -3.23. The summed E-state index contributed by atoms with van der Waals surface area (Å²) in [4.78, 5) is 0. The first kappa shape index (κ1) is 11.5. The smallest absolute Gasteiger partial charge is 0.214 e. The summed E-state index contributed by atoms with van der Waals surface area (Å²) in [5.41, 5.74) is 0.773. The van der Waals surface area contributed by atoms with Crippen molar-refractivity contribution >= 4 is 21.6 Å². The average Bonchev–Trinajstić information content (AvgIpc) is 2.16. The molecule has 0 spiro atoms. The van der Waals surface area contributed by atoms with E-state index in [1.54, 1.807) is 12.1 Å². The highest BCUT2D eigenvalue weighted by Gasteiger charge is 2.09. The molecular formula is C9H12ClNO2S. The predicted octanol–water partition coefficient (Wildman–Crippen LogP) is 1.34. The Labute approximate surface area is 89.1 Å². The fourth-order valence-electron chi connectivity index (χ4n) is 1.04. The molecule has 0 fully saturated rings. The standard InChI is InChI=1S/C9H12ClNO2S/c10-6-7-11-14(12,13)8-9-4-2-1-3-5-9/h1-5,11H,6-8H2. The van der Waals surface area contributed by atoms with Gasteiger partial charge in [0.2, 0.25) is 10.0 Å². The molecule has 0 aromatic heterocycles. The molecule has 5 heteroatoms. The molecule has 1 aromatic carbocycles. The van der Waals surface area contributed by atoms with Crippen LogP contribution in [0, 0.1) is 0 Å². The van der Waals surface area contributed by atoms with Crippen LogP contribution < -0.4 is 4.72 Å². The van der Waals surface area contributed by atoms with Gasteiger partial charge in [0.25, 0.3) is 0 Å². The van der Waals surface area contributed by atoms with Gasteiger partial charge in [-0.25, -0.2) is 13.1 Å². The molecule has 1 aromatic rings. The lowest BCUT2D eigenvalue weighted by Crippen LogP contribution is -2.26. The van der Waals surface area contributed by atoms with Crippen molar-refractivity contribution in [3.05, 3.63) is 35.9 Å². The van der Waals surface area contributed by atoms with Crippen molar-refractivity contribution in [2.45, 2.75) is 5.75 Å². The van der Waals surface area contributed by atoms with Crippen LogP contribution >= 0.6 is 11.6 Å². The maximum Gasteiger partial charge on any atom is 0.215 e. The molecule has 0 aliphatic carbocycles. The van der Waals surface area contributed by atoms with Crippen LogP contribution in [-0.4, -0.2) is 20.8 Å². The van der Waals surface area contributed by atoms with Gasteiger partial charge in [0.1, 0.15) is 0 Å². The molecule has 0 bridgehead atoms. The molecule has 1 N–H and O–H groups in total. The minimum absolute atomic E-state index is 0.00469. The summed E-state index contributed by atoms with van der Waals surface area (Å²) >= 11 is 5.38. The van der Waals surface area contributed by atoms with Gasteiger partial charge in [-0.3, -0.25) is 0 Å². The topological polar surface area (TPSA) is 46.2 Å². The molecule has 0 unspecified atom stereocenters. The fourth-order valence-corrected chi connectivity index (χ4v) is 2.39. The fraction of sp³-hybridized carbons (Fsp3) is 0.333. The summed E-state index contributed by atoms with van der Waals surface area (Å²) in [6.45, 7) is 0.275. The van der Waals surface area contributed by atoms with E-state index in [4.69, 9.17) is 11.6 Å². The number of halogens is 1. The highest BCUT2D eigenvalue weighted by atomic mass is 35.5. The average molecular weight is 234 g/mol. The first-order valence-electron chi connectivity index (χ1n) is 4.21. The number of sulfonamides is 1. The van der Waals surface area contributed by atoms with E-state index in [-0.39, 0.29) is 18.2 Å². The summed E-state index contributed by atoms with van der Waals surface area (Å²) in [5, 5.41) is 0. The van der Waals surface area contributed by atoms with Crippen molar-refractivity contribution in [2.24, 2.45) is 0 Å². The lowest BCUT2D eigenvalue weighted by Gasteiger charge is -2.04. The summed E-state index contributed by atoms with van der Waals surface area (Å²) in [5.74, 6) is 0.290. The molecule has 1 rings (SSSR count). The van der Waals surface area contributed by atoms with Crippen LogP contribution in [-0.2, 0) is 15.8 Å². The van der Waals surface area contributed by atoms with Crippen LogP contribution in [0.3, 0.4) is 0 Å². The largest absolute Gasteiger partial charge is 0.215 e. The second-order valence-electron chi connectivity index (χ2n) is 2.83. The minimum Gasteiger partial charge on any atom is -0.214 e. The molecule has 3 nitrogen and oxygen atoms in total. The number of benzene rings is 1. The van der Waals surface area contributed by atoms with E-state index in [9.17, 15) is 8.42 Å². The first-order chi connectivity index (χ1) is 6.64. The van der Waals surface area contributed by atoms with Crippen LogP contribution in [0.25, 0.3) is 0 Å². The molecule has 0 aliphatic rings. The SMILES string of the molecule is O=S(=O)(Cc1ccccc1)NCCCl. The van der Waals surface area contributed by atoms with Crippen molar-refractivity contribution in [3.63, 3.8) is 0 Å². The highest BCUT2D eigenvalue weighted by molar-refractivity contribution is 7.88. The molecule has 0 heterocycles. The van der Waals surface area contributed by atoms with Gasteiger partial charge in [-0.1, -0.05) is 30.3 Å².